The zero-order valence-corrected chi connectivity index (χ0v) is 16.7. The number of carbonyl (C=O) groups is 1. The monoisotopic (exact) mass is 378 g/mol. The van der Waals surface area contributed by atoms with Gasteiger partial charge in [0.25, 0.3) is 0 Å². The number of methoxy groups -OCH3 is 1. The number of ether oxygens (including phenoxy) is 1. The molecular weight excluding hydrogens is 348 g/mol. The minimum absolute atomic E-state index is 0.0261. The Hall–Kier alpha value is -2.33. The lowest BCUT2D eigenvalue weighted by Crippen LogP contribution is -2.39. The summed E-state index contributed by atoms with van der Waals surface area (Å²) < 4.78 is 5.62. The van der Waals surface area contributed by atoms with Crippen molar-refractivity contribution in [3.05, 3.63) is 65.2 Å². The molecule has 2 aromatic rings. The lowest BCUT2D eigenvalue weighted by molar-refractivity contribution is -0.123. The maximum Gasteiger partial charge on any atom is 0.227 e. The van der Waals surface area contributed by atoms with E-state index in [4.69, 9.17) is 4.74 Å². The molecule has 0 radical (unpaired) electrons. The number of rotatable bonds is 6. The second-order valence-electron chi connectivity index (χ2n) is 7.89. The number of hydrogen-bond donors (Lipinski definition) is 1. The van der Waals surface area contributed by atoms with Crippen LogP contribution in [0.5, 0.6) is 5.75 Å². The molecule has 1 heterocycles. The Morgan fingerprint density at radius 2 is 1.86 bits per heavy atom. The van der Waals surface area contributed by atoms with E-state index in [2.05, 4.69) is 40.5 Å². The van der Waals surface area contributed by atoms with Gasteiger partial charge in [-0.2, -0.15) is 0 Å². The first-order valence-electron chi connectivity index (χ1n) is 10.5. The smallest absolute Gasteiger partial charge is 0.227 e. The molecule has 0 saturated carbocycles. The van der Waals surface area contributed by atoms with Crippen molar-refractivity contribution < 1.29 is 9.53 Å². The second-order valence-corrected chi connectivity index (χ2v) is 7.89. The largest absolute Gasteiger partial charge is 0.496 e. The number of carbonyl (C=O) groups excluding carboxylic acids is 1. The van der Waals surface area contributed by atoms with Crippen LogP contribution in [0.4, 0.5) is 0 Å². The molecule has 148 valence electrons. The van der Waals surface area contributed by atoms with Gasteiger partial charge in [0, 0.05) is 12.1 Å². The van der Waals surface area contributed by atoms with E-state index < -0.39 is 0 Å². The van der Waals surface area contributed by atoms with Crippen LogP contribution >= 0.6 is 0 Å². The fourth-order valence-electron chi connectivity index (χ4n) is 4.78. The van der Waals surface area contributed by atoms with Crippen LogP contribution in [-0.4, -0.2) is 37.6 Å². The predicted octanol–water partition coefficient (Wildman–Crippen LogP) is 4.07. The van der Waals surface area contributed by atoms with E-state index >= 15 is 0 Å². The van der Waals surface area contributed by atoms with Crippen molar-refractivity contribution in [2.75, 3.05) is 26.7 Å². The number of hydrogen-bond acceptors (Lipinski definition) is 3. The van der Waals surface area contributed by atoms with Gasteiger partial charge in [-0.3, -0.25) is 9.69 Å². The maximum absolute atomic E-state index is 13.1. The summed E-state index contributed by atoms with van der Waals surface area (Å²) in [5.74, 6) is 1.03. The fourth-order valence-corrected chi connectivity index (χ4v) is 4.78. The number of fused-ring (bicyclic) bond motifs is 1. The van der Waals surface area contributed by atoms with Gasteiger partial charge in [0.2, 0.25) is 5.91 Å². The third-order valence-electron chi connectivity index (χ3n) is 6.23. The Labute approximate surface area is 167 Å². The molecule has 0 aromatic heterocycles. The lowest BCUT2D eigenvalue weighted by atomic mass is 9.82. The van der Waals surface area contributed by atoms with Crippen molar-refractivity contribution in [1.29, 1.82) is 0 Å². The summed E-state index contributed by atoms with van der Waals surface area (Å²) in [7, 11) is 1.72. The van der Waals surface area contributed by atoms with E-state index in [9.17, 15) is 4.79 Å². The van der Waals surface area contributed by atoms with E-state index in [1.165, 1.54) is 24.0 Å². The Morgan fingerprint density at radius 1 is 1.11 bits per heavy atom. The molecule has 0 spiro atoms. The molecule has 1 amide bonds. The number of nitrogens with zero attached hydrogens (tertiary/aromatic N) is 1. The molecule has 4 nitrogen and oxygen atoms in total. The van der Waals surface area contributed by atoms with Gasteiger partial charge in [-0.25, -0.2) is 0 Å². The van der Waals surface area contributed by atoms with Crippen LogP contribution in [0.25, 0.3) is 0 Å². The number of amides is 1. The quantitative estimate of drug-likeness (QED) is 0.824. The van der Waals surface area contributed by atoms with E-state index in [0.29, 0.717) is 6.54 Å². The van der Waals surface area contributed by atoms with Gasteiger partial charge in [0.05, 0.1) is 19.1 Å². The van der Waals surface area contributed by atoms with Gasteiger partial charge >= 0.3 is 0 Å². The minimum atomic E-state index is -0.0261. The number of nitrogens with one attached hydrogen (secondary N) is 1. The standard InChI is InChI=1S/C24H30N2O2/c1-28-23-14-5-4-12-21(23)22(26-15-6-7-16-26)17-25-24(27)20-13-8-10-18-9-2-3-11-19(18)20/h2-5,9,11-12,14,20,22H,6-8,10,13,15-17H2,1H3,(H,25,27)/t20-,22-/m1/s1. The summed E-state index contributed by atoms with van der Waals surface area (Å²) in [4.78, 5) is 15.6. The Bertz CT molecular complexity index is 814. The first kappa shape index (κ1) is 19.0. The van der Waals surface area contributed by atoms with Crippen molar-refractivity contribution in [1.82, 2.24) is 10.2 Å². The Morgan fingerprint density at radius 3 is 2.68 bits per heavy atom. The SMILES string of the molecule is COc1ccccc1[C@@H](CNC(=O)[C@@H]1CCCc2ccccc21)N1CCCC1. The number of benzene rings is 2. The van der Waals surface area contributed by atoms with E-state index in [1.807, 2.05) is 18.2 Å². The van der Waals surface area contributed by atoms with Gasteiger partial charge in [-0.1, -0.05) is 42.5 Å². The first-order chi connectivity index (χ1) is 13.8. The molecule has 1 saturated heterocycles. The third-order valence-corrected chi connectivity index (χ3v) is 6.23. The number of likely N-dealkylation sites (tertiary alicyclic amines) is 1. The van der Waals surface area contributed by atoms with Gasteiger partial charge in [0.1, 0.15) is 5.75 Å². The molecule has 2 aliphatic rings. The maximum atomic E-state index is 13.1. The first-order valence-corrected chi connectivity index (χ1v) is 10.5. The van der Waals surface area contributed by atoms with E-state index in [1.54, 1.807) is 7.11 Å². The molecule has 1 N–H and O–H groups in total. The number of para-hydroxylation sites is 1. The molecule has 1 aliphatic heterocycles. The Balaban J connectivity index is 1.51. The second kappa shape index (κ2) is 8.78. The van der Waals surface area contributed by atoms with Crippen LogP contribution in [0.1, 0.15) is 54.3 Å². The normalized spacial score (nSPS) is 20.4. The van der Waals surface area contributed by atoms with Crippen molar-refractivity contribution in [2.45, 2.75) is 44.1 Å². The van der Waals surface area contributed by atoms with E-state index in [-0.39, 0.29) is 17.9 Å². The number of aryl methyl sites for hydroxylation is 1. The van der Waals surface area contributed by atoms with Crippen molar-refractivity contribution in [3.63, 3.8) is 0 Å². The molecule has 0 unspecified atom stereocenters. The lowest BCUT2D eigenvalue weighted by Gasteiger charge is -2.31. The average Bonchev–Trinajstić information content (AvgIpc) is 3.28. The molecular formula is C24H30N2O2. The highest BCUT2D eigenvalue weighted by Crippen LogP contribution is 2.33. The van der Waals surface area contributed by atoms with Crippen molar-refractivity contribution >= 4 is 5.91 Å². The molecule has 2 atom stereocenters. The fraction of sp³-hybridized carbons (Fsp3) is 0.458. The molecule has 4 heteroatoms. The minimum Gasteiger partial charge on any atom is -0.496 e. The molecule has 0 bridgehead atoms. The van der Waals surface area contributed by atoms with Gasteiger partial charge in [-0.05, 0) is 62.4 Å². The van der Waals surface area contributed by atoms with Crippen molar-refractivity contribution in [2.24, 2.45) is 0 Å². The predicted molar refractivity (Wildman–Crippen MR) is 112 cm³/mol. The van der Waals surface area contributed by atoms with Crippen LogP contribution in [0.3, 0.4) is 0 Å². The van der Waals surface area contributed by atoms with Crippen molar-refractivity contribution in [3.8, 4) is 5.75 Å². The zero-order valence-electron chi connectivity index (χ0n) is 16.7. The summed E-state index contributed by atoms with van der Waals surface area (Å²) in [6.45, 7) is 2.77. The molecule has 4 rings (SSSR count). The highest BCUT2D eigenvalue weighted by molar-refractivity contribution is 5.84. The average molecular weight is 379 g/mol. The van der Waals surface area contributed by atoms with Crippen LogP contribution in [0, 0.1) is 0 Å². The third kappa shape index (κ3) is 3.93. The molecule has 1 fully saturated rings. The molecule has 2 aromatic carbocycles. The Kier molecular flexibility index (Phi) is 5.96. The summed E-state index contributed by atoms with van der Waals surface area (Å²) in [5.41, 5.74) is 3.70. The molecule has 1 aliphatic carbocycles. The van der Waals surface area contributed by atoms with E-state index in [0.717, 1.165) is 43.7 Å². The summed E-state index contributed by atoms with van der Waals surface area (Å²) in [6, 6.07) is 16.8. The van der Waals surface area contributed by atoms with Crippen LogP contribution in [-0.2, 0) is 11.2 Å². The summed E-state index contributed by atoms with van der Waals surface area (Å²) in [6.07, 6.45) is 5.53. The van der Waals surface area contributed by atoms with Crippen LogP contribution in [0.15, 0.2) is 48.5 Å². The van der Waals surface area contributed by atoms with Gasteiger partial charge in [-0.15, -0.1) is 0 Å². The summed E-state index contributed by atoms with van der Waals surface area (Å²) in [5, 5.41) is 3.28. The van der Waals surface area contributed by atoms with Gasteiger partial charge in [0.15, 0.2) is 0 Å². The van der Waals surface area contributed by atoms with Gasteiger partial charge < -0.3 is 10.1 Å². The zero-order chi connectivity index (χ0) is 19.3. The van der Waals surface area contributed by atoms with Crippen LogP contribution in [0.2, 0.25) is 0 Å². The highest BCUT2D eigenvalue weighted by atomic mass is 16.5. The topological polar surface area (TPSA) is 41.6 Å². The molecule has 28 heavy (non-hydrogen) atoms. The van der Waals surface area contributed by atoms with Crippen LogP contribution < -0.4 is 10.1 Å². The highest BCUT2D eigenvalue weighted by Gasteiger charge is 2.29. The summed E-state index contributed by atoms with van der Waals surface area (Å²) >= 11 is 0.